The number of alkyl halides is 2. The van der Waals surface area contributed by atoms with Crippen molar-refractivity contribution in [1.82, 2.24) is 0 Å². The summed E-state index contributed by atoms with van der Waals surface area (Å²) in [5, 5.41) is 0.934. The molecular weight excluding hydrogens is 268 g/mol. The van der Waals surface area contributed by atoms with Gasteiger partial charge in [-0.2, -0.15) is 0 Å². The molecule has 0 aromatic heterocycles. The van der Waals surface area contributed by atoms with E-state index in [-0.39, 0.29) is 0 Å². The van der Waals surface area contributed by atoms with Crippen molar-refractivity contribution in [2.24, 2.45) is 0 Å². The van der Waals surface area contributed by atoms with Crippen molar-refractivity contribution < 1.29 is 0 Å². The van der Waals surface area contributed by atoms with Gasteiger partial charge in [0, 0.05) is 10.2 Å². The SMILES string of the molecule is CC(Br)c1ccc(CBr)cc1. The highest BCUT2D eigenvalue weighted by Crippen LogP contribution is 2.21. The van der Waals surface area contributed by atoms with Crippen LogP contribution in [0, 0.1) is 0 Å². The lowest BCUT2D eigenvalue weighted by atomic mass is 10.1. The highest BCUT2D eigenvalue weighted by atomic mass is 79.9. The molecule has 11 heavy (non-hydrogen) atoms. The van der Waals surface area contributed by atoms with Gasteiger partial charge in [-0.25, -0.2) is 0 Å². The van der Waals surface area contributed by atoms with Crippen LogP contribution in [0.4, 0.5) is 0 Å². The molecule has 1 unspecified atom stereocenters. The predicted molar refractivity (Wildman–Crippen MR) is 56.4 cm³/mol. The quantitative estimate of drug-likeness (QED) is 0.716. The Labute approximate surface area is 84.3 Å². The van der Waals surface area contributed by atoms with Crippen LogP contribution in [-0.2, 0) is 5.33 Å². The fourth-order valence-corrected chi connectivity index (χ4v) is 1.55. The second-order valence-corrected chi connectivity index (χ2v) is 4.43. The van der Waals surface area contributed by atoms with Crippen molar-refractivity contribution in [3.8, 4) is 0 Å². The van der Waals surface area contributed by atoms with Gasteiger partial charge in [-0.05, 0) is 18.1 Å². The van der Waals surface area contributed by atoms with Crippen LogP contribution in [0.1, 0.15) is 22.9 Å². The Morgan fingerprint density at radius 3 is 2.18 bits per heavy atom. The molecule has 0 saturated carbocycles. The van der Waals surface area contributed by atoms with Crippen LogP contribution in [0.2, 0.25) is 0 Å². The molecule has 60 valence electrons. The standard InChI is InChI=1S/C9H10Br2/c1-7(11)9-4-2-8(6-10)3-5-9/h2-5,7H,6H2,1H3. The van der Waals surface area contributed by atoms with E-state index in [4.69, 9.17) is 0 Å². The van der Waals surface area contributed by atoms with E-state index in [0.29, 0.717) is 4.83 Å². The van der Waals surface area contributed by atoms with E-state index in [2.05, 4.69) is 63.0 Å². The normalized spacial score (nSPS) is 13.0. The summed E-state index contributed by atoms with van der Waals surface area (Å²) in [6, 6.07) is 8.58. The van der Waals surface area contributed by atoms with Crippen LogP contribution >= 0.6 is 31.9 Å². The highest BCUT2D eigenvalue weighted by Gasteiger charge is 1.98. The molecule has 1 atom stereocenters. The van der Waals surface area contributed by atoms with Gasteiger partial charge in [-0.1, -0.05) is 56.1 Å². The Morgan fingerprint density at radius 2 is 1.82 bits per heavy atom. The number of hydrogen-bond acceptors (Lipinski definition) is 0. The van der Waals surface area contributed by atoms with E-state index in [1.165, 1.54) is 11.1 Å². The number of benzene rings is 1. The van der Waals surface area contributed by atoms with Gasteiger partial charge in [0.25, 0.3) is 0 Å². The molecule has 2 heteroatoms. The van der Waals surface area contributed by atoms with Crippen molar-refractivity contribution >= 4 is 31.9 Å². The lowest BCUT2D eigenvalue weighted by molar-refractivity contribution is 1.12. The van der Waals surface area contributed by atoms with Crippen LogP contribution in [0.15, 0.2) is 24.3 Å². The van der Waals surface area contributed by atoms with Gasteiger partial charge in [-0.3, -0.25) is 0 Å². The molecule has 0 amide bonds. The molecule has 1 aromatic rings. The second kappa shape index (κ2) is 4.27. The van der Waals surface area contributed by atoms with E-state index in [9.17, 15) is 0 Å². The first-order valence-corrected chi connectivity index (χ1v) is 5.56. The topological polar surface area (TPSA) is 0 Å². The molecule has 0 aliphatic rings. The minimum Gasteiger partial charge on any atom is -0.0876 e. The molecule has 0 saturated heterocycles. The Kier molecular flexibility index (Phi) is 3.60. The number of rotatable bonds is 2. The van der Waals surface area contributed by atoms with Gasteiger partial charge in [-0.15, -0.1) is 0 Å². The first kappa shape index (κ1) is 9.27. The summed E-state index contributed by atoms with van der Waals surface area (Å²) in [7, 11) is 0. The van der Waals surface area contributed by atoms with Crippen LogP contribution in [-0.4, -0.2) is 0 Å². The third-order valence-corrected chi connectivity index (χ3v) is 2.77. The van der Waals surface area contributed by atoms with E-state index >= 15 is 0 Å². The average molecular weight is 278 g/mol. The molecule has 0 radical (unpaired) electrons. The van der Waals surface area contributed by atoms with Crippen molar-refractivity contribution in [3.05, 3.63) is 35.4 Å². The summed E-state index contributed by atoms with van der Waals surface area (Å²) < 4.78 is 0. The first-order valence-electron chi connectivity index (χ1n) is 3.53. The number of hydrogen-bond donors (Lipinski definition) is 0. The van der Waals surface area contributed by atoms with E-state index in [1.807, 2.05) is 0 Å². The Morgan fingerprint density at radius 1 is 1.27 bits per heavy atom. The fraction of sp³-hybridized carbons (Fsp3) is 0.333. The Balaban J connectivity index is 2.83. The van der Waals surface area contributed by atoms with Crippen molar-refractivity contribution in [2.75, 3.05) is 0 Å². The lowest BCUT2D eigenvalue weighted by Gasteiger charge is -2.03. The molecule has 0 fully saturated rings. The fourth-order valence-electron chi connectivity index (χ4n) is 0.872. The molecule has 1 aromatic carbocycles. The summed E-state index contributed by atoms with van der Waals surface area (Å²) in [6.45, 7) is 2.13. The predicted octanol–water partition coefficient (Wildman–Crippen LogP) is 4.04. The minimum atomic E-state index is 0.451. The minimum absolute atomic E-state index is 0.451. The zero-order valence-corrected chi connectivity index (χ0v) is 9.52. The summed E-state index contributed by atoms with van der Waals surface area (Å²) in [4.78, 5) is 0.451. The molecule has 0 N–H and O–H groups in total. The highest BCUT2D eigenvalue weighted by molar-refractivity contribution is 9.09. The molecular formula is C9H10Br2. The number of halogens is 2. The van der Waals surface area contributed by atoms with Crippen LogP contribution in [0.5, 0.6) is 0 Å². The van der Waals surface area contributed by atoms with E-state index < -0.39 is 0 Å². The van der Waals surface area contributed by atoms with Crippen LogP contribution in [0.25, 0.3) is 0 Å². The zero-order chi connectivity index (χ0) is 8.27. The maximum Gasteiger partial charge on any atom is 0.0367 e. The molecule has 0 bridgehead atoms. The Hall–Kier alpha value is 0.180. The van der Waals surface area contributed by atoms with E-state index in [0.717, 1.165) is 5.33 Å². The van der Waals surface area contributed by atoms with E-state index in [1.54, 1.807) is 0 Å². The summed E-state index contributed by atoms with van der Waals surface area (Å²) in [5.74, 6) is 0. The zero-order valence-electron chi connectivity index (χ0n) is 6.35. The smallest absolute Gasteiger partial charge is 0.0367 e. The summed E-state index contributed by atoms with van der Waals surface area (Å²) in [6.07, 6.45) is 0. The maximum atomic E-state index is 3.52. The molecule has 0 nitrogen and oxygen atoms in total. The van der Waals surface area contributed by atoms with Gasteiger partial charge in [0.15, 0.2) is 0 Å². The second-order valence-electron chi connectivity index (χ2n) is 2.49. The molecule has 0 aliphatic heterocycles. The largest absolute Gasteiger partial charge is 0.0876 e. The van der Waals surface area contributed by atoms with Crippen LogP contribution < -0.4 is 0 Å². The van der Waals surface area contributed by atoms with Gasteiger partial charge in [0.05, 0.1) is 0 Å². The molecule has 0 aliphatic carbocycles. The monoisotopic (exact) mass is 276 g/mol. The lowest BCUT2D eigenvalue weighted by Crippen LogP contribution is -1.83. The maximum absolute atomic E-state index is 3.52. The molecule has 0 heterocycles. The molecule has 0 spiro atoms. The third-order valence-electron chi connectivity index (χ3n) is 1.59. The third kappa shape index (κ3) is 2.60. The van der Waals surface area contributed by atoms with Crippen molar-refractivity contribution in [1.29, 1.82) is 0 Å². The van der Waals surface area contributed by atoms with Crippen molar-refractivity contribution in [2.45, 2.75) is 17.1 Å². The van der Waals surface area contributed by atoms with Gasteiger partial charge in [0.2, 0.25) is 0 Å². The van der Waals surface area contributed by atoms with Gasteiger partial charge >= 0.3 is 0 Å². The first-order chi connectivity index (χ1) is 5.24. The summed E-state index contributed by atoms with van der Waals surface area (Å²) >= 11 is 6.92. The van der Waals surface area contributed by atoms with Crippen LogP contribution in [0.3, 0.4) is 0 Å². The Bertz CT molecular complexity index is 214. The summed E-state index contributed by atoms with van der Waals surface area (Å²) in [5.41, 5.74) is 2.65. The van der Waals surface area contributed by atoms with Crippen molar-refractivity contribution in [3.63, 3.8) is 0 Å². The van der Waals surface area contributed by atoms with Gasteiger partial charge < -0.3 is 0 Å². The average Bonchev–Trinajstić information content (AvgIpc) is 2.05. The molecule has 1 rings (SSSR count). The van der Waals surface area contributed by atoms with Gasteiger partial charge in [0.1, 0.15) is 0 Å².